The molecular formula is C21H26N4O3. The van der Waals surface area contributed by atoms with E-state index in [1.54, 1.807) is 48.5 Å². The predicted octanol–water partition coefficient (Wildman–Crippen LogP) is 3.68. The van der Waals surface area contributed by atoms with Crippen molar-refractivity contribution in [2.75, 3.05) is 27.8 Å². The van der Waals surface area contributed by atoms with Crippen LogP contribution < -0.4 is 21.3 Å². The highest BCUT2D eigenvalue weighted by atomic mass is 16.2. The van der Waals surface area contributed by atoms with E-state index in [0.717, 1.165) is 5.69 Å². The van der Waals surface area contributed by atoms with E-state index in [2.05, 4.69) is 21.3 Å². The van der Waals surface area contributed by atoms with Crippen LogP contribution in [-0.4, -0.2) is 24.3 Å². The maximum absolute atomic E-state index is 12.2. The summed E-state index contributed by atoms with van der Waals surface area (Å²) >= 11 is 0. The maximum atomic E-state index is 12.2. The van der Waals surface area contributed by atoms with Crippen LogP contribution in [0.1, 0.15) is 27.7 Å². The van der Waals surface area contributed by atoms with Gasteiger partial charge in [-0.3, -0.25) is 14.4 Å². The van der Waals surface area contributed by atoms with Gasteiger partial charge in [-0.25, -0.2) is 0 Å². The van der Waals surface area contributed by atoms with Crippen molar-refractivity contribution in [3.63, 3.8) is 0 Å². The number of rotatable bonds is 6. The zero-order valence-electron chi connectivity index (χ0n) is 16.6. The van der Waals surface area contributed by atoms with Crippen molar-refractivity contribution < 1.29 is 14.4 Å². The third-order valence-electron chi connectivity index (χ3n) is 3.74. The van der Waals surface area contributed by atoms with Crippen molar-refractivity contribution in [3.05, 3.63) is 48.5 Å². The fourth-order valence-electron chi connectivity index (χ4n) is 2.26. The second-order valence-electron chi connectivity index (χ2n) is 7.45. The Labute approximate surface area is 164 Å². The van der Waals surface area contributed by atoms with Crippen LogP contribution in [0.15, 0.2) is 48.5 Å². The number of hydrogen-bond donors (Lipinski definition) is 4. The van der Waals surface area contributed by atoms with Crippen molar-refractivity contribution in [1.82, 2.24) is 0 Å². The van der Waals surface area contributed by atoms with Crippen LogP contribution in [0.4, 0.5) is 22.7 Å². The number of benzene rings is 2. The number of carbonyl (C=O) groups excluding carboxylic acids is 3. The smallest absolute Gasteiger partial charge is 0.243 e. The number of amides is 3. The molecule has 3 amide bonds. The molecule has 0 fully saturated rings. The summed E-state index contributed by atoms with van der Waals surface area (Å²) in [5.41, 5.74) is 2.17. The number of anilines is 4. The van der Waals surface area contributed by atoms with Crippen LogP contribution in [0.3, 0.4) is 0 Å². The predicted molar refractivity (Wildman–Crippen MR) is 112 cm³/mol. The first kappa shape index (κ1) is 21.0. The van der Waals surface area contributed by atoms with Gasteiger partial charge in [-0.05, 0) is 42.5 Å². The molecule has 0 spiro atoms. The summed E-state index contributed by atoms with van der Waals surface area (Å²) in [6.07, 6.45) is 0. The highest BCUT2D eigenvalue weighted by Crippen LogP contribution is 2.20. The van der Waals surface area contributed by atoms with Gasteiger partial charge in [0.25, 0.3) is 0 Å². The van der Waals surface area contributed by atoms with E-state index in [0.29, 0.717) is 17.1 Å². The Morgan fingerprint density at radius 2 is 1.36 bits per heavy atom. The molecule has 0 heterocycles. The summed E-state index contributed by atoms with van der Waals surface area (Å²) in [7, 11) is 0. The van der Waals surface area contributed by atoms with E-state index < -0.39 is 5.41 Å². The van der Waals surface area contributed by atoms with E-state index in [9.17, 15) is 14.4 Å². The van der Waals surface area contributed by atoms with Gasteiger partial charge < -0.3 is 21.3 Å². The van der Waals surface area contributed by atoms with Gasteiger partial charge in [0.2, 0.25) is 17.7 Å². The molecule has 7 heteroatoms. The minimum Gasteiger partial charge on any atom is -0.376 e. The lowest BCUT2D eigenvalue weighted by atomic mass is 9.95. The van der Waals surface area contributed by atoms with E-state index in [-0.39, 0.29) is 24.3 Å². The lowest BCUT2D eigenvalue weighted by Gasteiger charge is -2.18. The third kappa shape index (κ3) is 6.75. The van der Waals surface area contributed by atoms with Crippen molar-refractivity contribution in [1.29, 1.82) is 0 Å². The molecule has 0 unspecified atom stereocenters. The molecular weight excluding hydrogens is 356 g/mol. The van der Waals surface area contributed by atoms with Crippen molar-refractivity contribution in [2.45, 2.75) is 27.7 Å². The van der Waals surface area contributed by atoms with E-state index in [1.165, 1.54) is 6.92 Å². The molecule has 0 aliphatic carbocycles. The Morgan fingerprint density at radius 3 is 1.93 bits per heavy atom. The molecule has 0 bridgehead atoms. The molecule has 2 aromatic rings. The normalized spacial score (nSPS) is 10.7. The topological polar surface area (TPSA) is 99.3 Å². The van der Waals surface area contributed by atoms with Crippen LogP contribution in [0.25, 0.3) is 0 Å². The quantitative estimate of drug-likeness (QED) is 0.612. The lowest BCUT2D eigenvalue weighted by Crippen LogP contribution is -2.27. The average molecular weight is 382 g/mol. The summed E-state index contributed by atoms with van der Waals surface area (Å²) in [4.78, 5) is 35.3. The molecule has 0 aliphatic rings. The van der Waals surface area contributed by atoms with E-state index in [1.807, 2.05) is 20.8 Å². The van der Waals surface area contributed by atoms with Crippen molar-refractivity contribution in [3.8, 4) is 0 Å². The second-order valence-corrected chi connectivity index (χ2v) is 7.45. The Kier molecular flexibility index (Phi) is 6.76. The molecule has 0 aromatic heterocycles. The Balaban J connectivity index is 1.88. The minimum atomic E-state index is -0.501. The number of hydrogen-bond acceptors (Lipinski definition) is 4. The molecule has 0 saturated heterocycles. The summed E-state index contributed by atoms with van der Waals surface area (Å²) in [6.45, 7) is 7.03. The molecule has 0 aliphatic heterocycles. The lowest BCUT2D eigenvalue weighted by molar-refractivity contribution is -0.123. The standard InChI is InChI=1S/C21H26N4O3/c1-14(26)23-16-10-8-15(9-11-16)22-13-19(27)24-17-6-5-7-18(12-17)25-20(28)21(2,3)4/h5-12,22H,13H2,1-4H3,(H,23,26)(H,24,27)(H,25,28). The highest BCUT2D eigenvalue weighted by Gasteiger charge is 2.21. The Bertz CT molecular complexity index is 855. The van der Waals surface area contributed by atoms with Crippen LogP contribution in [-0.2, 0) is 14.4 Å². The summed E-state index contributed by atoms with van der Waals surface area (Å²) in [6, 6.07) is 14.1. The first-order valence-electron chi connectivity index (χ1n) is 8.96. The molecule has 28 heavy (non-hydrogen) atoms. The molecule has 2 aromatic carbocycles. The summed E-state index contributed by atoms with van der Waals surface area (Å²) < 4.78 is 0. The van der Waals surface area contributed by atoms with Crippen LogP contribution in [0, 0.1) is 5.41 Å². The van der Waals surface area contributed by atoms with Gasteiger partial charge in [-0.15, -0.1) is 0 Å². The van der Waals surface area contributed by atoms with Crippen LogP contribution in [0.2, 0.25) is 0 Å². The largest absolute Gasteiger partial charge is 0.376 e. The summed E-state index contributed by atoms with van der Waals surface area (Å²) in [5, 5.41) is 11.3. The van der Waals surface area contributed by atoms with Gasteiger partial charge in [0.05, 0.1) is 6.54 Å². The van der Waals surface area contributed by atoms with Gasteiger partial charge >= 0.3 is 0 Å². The molecule has 0 radical (unpaired) electrons. The second kappa shape index (κ2) is 9.03. The molecule has 148 valence electrons. The van der Waals surface area contributed by atoms with Gasteiger partial charge in [0.1, 0.15) is 0 Å². The average Bonchev–Trinajstić information content (AvgIpc) is 2.60. The first-order valence-corrected chi connectivity index (χ1v) is 8.96. The zero-order valence-corrected chi connectivity index (χ0v) is 16.6. The monoisotopic (exact) mass is 382 g/mol. The van der Waals surface area contributed by atoms with Crippen LogP contribution >= 0.6 is 0 Å². The minimum absolute atomic E-state index is 0.0814. The molecule has 2 rings (SSSR count). The fourth-order valence-corrected chi connectivity index (χ4v) is 2.26. The number of carbonyl (C=O) groups is 3. The highest BCUT2D eigenvalue weighted by molar-refractivity contribution is 5.97. The number of nitrogens with one attached hydrogen (secondary N) is 4. The molecule has 4 N–H and O–H groups in total. The Morgan fingerprint density at radius 1 is 0.786 bits per heavy atom. The summed E-state index contributed by atoms with van der Waals surface area (Å²) in [5.74, 6) is -0.452. The van der Waals surface area contributed by atoms with Gasteiger partial charge in [0, 0.05) is 35.1 Å². The Hall–Kier alpha value is -3.35. The fraction of sp³-hybridized carbons (Fsp3) is 0.286. The van der Waals surface area contributed by atoms with Gasteiger partial charge in [-0.2, -0.15) is 0 Å². The van der Waals surface area contributed by atoms with Gasteiger partial charge in [0.15, 0.2) is 0 Å². The first-order chi connectivity index (χ1) is 13.1. The van der Waals surface area contributed by atoms with E-state index >= 15 is 0 Å². The maximum Gasteiger partial charge on any atom is 0.243 e. The molecule has 0 atom stereocenters. The van der Waals surface area contributed by atoms with Crippen molar-refractivity contribution in [2.24, 2.45) is 5.41 Å². The molecule has 0 saturated carbocycles. The van der Waals surface area contributed by atoms with Crippen LogP contribution in [0.5, 0.6) is 0 Å². The third-order valence-corrected chi connectivity index (χ3v) is 3.74. The molecule has 7 nitrogen and oxygen atoms in total. The van der Waals surface area contributed by atoms with E-state index in [4.69, 9.17) is 0 Å². The SMILES string of the molecule is CC(=O)Nc1ccc(NCC(=O)Nc2cccc(NC(=O)C(C)(C)C)c2)cc1. The van der Waals surface area contributed by atoms with Crippen molar-refractivity contribution >= 4 is 40.5 Å². The zero-order chi connectivity index (χ0) is 20.7. The van der Waals surface area contributed by atoms with Gasteiger partial charge in [-0.1, -0.05) is 26.8 Å².